The molecule has 30 heavy (non-hydrogen) atoms. The number of carbonyl (C=O) groups excluding carboxylic acids is 2. The molecule has 158 valence electrons. The quantitative estimate of drug-likeness (QED) is 0.630. The van der Waals surface area contributed by atoms with Gasteiger partial charge in [0.15, 0.2) is 5.65 Å². The van der Waals surface area contributed by atoms with Gasteiger partial charge < -0.3 is 15.4 Å². The smallest absolute Gasteiger partial charge is 0.256 e. The van der Waals surface area contributed by atoms with Crippen LogP contribution in [0, 0.1) is 0 Å². The minimum absolute atomic E-state index is 0.109. The molecule has 2 heterocycles. The van der Waals surface area contributed by atoms with Gasteiger partial charge in [-0.05, 0) is 38.0 Å². The van der Waals surface area contributed by atoms with Gasteiger partial charge in [0.2, 0.25) is 5.91 Å². The topological polar surface area (TPSA) is 98.1 Å². The van der Waals surface area contributed by atoms with Crippen molar-refractivity contribution in [2.75, 3.05) is 17.7 Å². The summed E-state index contributed by atoms with van der Waals surface area (Å²) in [4.78, 5) is 29.6. The predicted octanol–water partition coefficient (Wildman–Crippen LogP) is 4.35. The summed E-state index contributed by atoms with van der Waals surface area (Å²) in [5.74, 6) is 0.160. The number of ether oxygens (including phenoxy) is 1. The van der Waals surface area contributed by atoms with Crippen LogP contribution < -0.4 is 15.4 Å². The summed E-state index contributed by atoms with van der Waals surface area (Å²) in [5, 5.41) is 10.7. The lowest BCUT2D eigenvalue weighted by atomic mass is 10.0. The highest BCUT2D eigenvalue weighted by Gasteiger charge is 2.20. The third-order valence-electron chi connectivity index (χ3n) is 4.70. The van der Waals surface area contributed by atoms with Crippen LogP contribution in [0.4, 0.5) is 11.4 Å². The number of hydrogen-bond donors (Lipinski definition) is 2. The third-order valence-corrected chi connectivity index (χ3v) is 4.70. The van der Waals surface area contributed by atoms with Gasteiger partial charge in [0.05, 0.1) is 35.6 Å². The van der Waals surface area contributed by atoms with E-state index in [9.17, 15) is 9.59 Å². The van der Waals surface area contributed by atoms with E-state index in [0.29, 0.717) is 33.7 Å². The molecule has 2 N–H and O–H groups in total. The summed E-state index contributed by atoms with van der Waals surface area (Å²) in [7, 11) is 1.54. The number of pyridine rings is 1. The molecular weight excluding hydrogens is 382 g/mol. The third kappa shape index (κ3) is 4.27. The number of nitrogens with zero attached hydrogens (tertiary/aromatic N) is 3. The molecule has 0 saturated carbocycles. The second-order valence-electron chi connectivity index (χ2n) is 7.72. The Kier molecular flexibility index (Phi) is 6.05. The van der Waals surface area contributed by atoms with Crippen molar-refractivity contribution in [3.05, 3.63) is 41.7 Å². The highest BCUT2D eigenvalue weighted by molar-refractivity contribution is 6.13. The first kappa shape index (κ1) is 21.3. The van der Waals surface area contributed by atoms with Gasteiger partial charge in [-0.1, -0.05) is 13.8 Å². The van der Waals surface area contributed by atoms with Crippen molar-refractivity contribution in [2.24, 2.45) is 0 Å². The summed E-state index contributed by atoms with van der Waals surface area (Å²) < 4.78 is 7.08. The number of methoxy groups -OCH3 is 1. The van der Waals surface area contributed by atoms with E-state index in [-0.39, 0.29) is 23.8 Å². The minimum Gasteiger partial charge on any atom is -0.497 e. The average molecular weight is 409 g/mol. The van der Waals surface area contributed by atoms with Crippen molar-refractivity contribution in [3.63, 3.8) is 0 Å². The lowest BCUT2D eigenvalue weighted by Gasteiger charge is -2.15. The molecule has 0 atom stereocenters. The van der Waals surface area contributed by atoms with Crippen LogP contribution in [-0.2, 0) is 4.79 Å². The fraction of sp³-hybridized carbons (Fsp3) is 0.364. The molecule has 1 aromatic carbocycles. The lowest BCUT2D eigenvalue weighted by Crippen LogP contribution is -2.16. The van der Waals surface area contributed by atoms with Crippen molar-refractivity contribution < 1.29 is 14.3 Å². The van der Waals surface area contributed by atoms with Crippen LogP contribution in [0.5, 0.6) is 5.75 Å². The van der Waals surface area contributed by atoms with Gasteiger partial charge in [-0.3, -0.25) is 9.59 Å². The first-order valence-corrected chi connectivity index (χ1v) is 9.86. The molecule has 0 fully saturated rings. The van der Waals surface area contributed by atoms with E-state index < -0.39 is 0 Å². The highest BCUT2D eigenvalue weighted by Crippen LogP contribution is 2.29. The van der Waals surface area contributed by atoms with Gasteiger partial charge in [-0.25, -0.2) is 9.67 Å². The van der Waals surface area contributed by atoms with Crippen LogP contribution in [0.25, 0.3) is 11.0 Å². The normalized spacial score (nSPS) is 11.2. The van der Waals surface area contributed by atoms with Crippen LogP contribution in [0.1, 0.15) is 62.6 Å². The SMILES string of the molecule is COc1ccc(NC(C)=O)c(NC(=O)c2cc(C(C)C)nc3c2cnn3C(C)C)c1. The van der Waals surface area contributed by atoms with Gasteiger partial charge in [0, 0.05) is 24.7 Å². The molecule has 0 spiro atoms. The summed E-state index contributed by atoms with van der Waals surface area (Å²) in [5.41, 5.74) is 2.90. The van der Waals surface area contributed by atoms with E-state index in [1.165, 1.54) is 6.92 Å². The number of anilines is 2. The van der Waals surface area contributed by atoms with Gasteiger partial charge in [0.25, 0.3) is 5.91 Å². The van der Waals surface area contributed by atoms with E-state index in [4.69, 9.17) is 9.72 Å². The van der Waals surface area contributed by atoms with Crippen molar-refractivity contribution >= 4 is 34.2 Å². The second-order valence-corrected chi connectivity index (χ2v) is 7.72. The number of aromatic nitrogens is 3. The van der Waals surface area contributed by atoms with E-state index in [1.54, 1.807) is 37.6 Å². The fourth-order valence-electron chi connectivity index (χ4n) is 3.14. The maximum Gasteiger partial charge on any atom is 0.256 e. The Morgan fingerprint density at radius 2 is 1.80 bits per heavy atom. The molecule has 0 aliphatic heterocycles. The first-order chi connectivity index (χ1) is 14.2. The fourth-order valence-corrected chi connectivity index (χ4v) is 3.14. The standard InChI is InChI=1S/C22H27N5O3/c1-12(2)19-10-16(17-11-23-27(13(3)4)21(17)25-19)22(29)26-20-9-15(30-6)7-8-18(20)24-14(5)28/h7-13H,1-6H3,(H,24,28)(H,26,29). The van der Waals surface area contributed by atoms with Gasteiger partial charge in [-0.2, -0.15) is 5.10 Å². The van der Waals surface area contributed by atoms with E-state index in [1.807, 2.05) is 32.4 Å². The summed E-state index contributed by atoms with van der Waals surface area (Å²) >= 11 is 0. The van der Waals surface area contributed by atoms with Crippen LogP contribution in [0.3, 0.4) is 0 Å². The van der Waals surface area contributed by atoms with Gasteiger partial charge >= 0.3 is 0 Å². The van der Waals surface area contributed by atoms with E-state index in [2.05, 4.69) is 15.7 Å². The predicted molar refractivity (Wildman–Crippen MR) is 117 cm³/mol. The molecule has 0 saturated heterocycles. The molecule has 8 nitrogen and oxygen atoms in total. The summed E-state index contributed by atoms with van der Waals surface area (Å²) in [6, 6.07) is 6.98. The second kappa shape index (κ2) is 8.52. The van der Waals surface area contributed by atoms with Crippen molar-refractivity contribution in [2.45, 2.75) is 46.6 Å². The molecule has 2 aromatic heterocycles. The Bertz CT molecular complexity index is 1100. The van der Waals surface area contributed by atoms with Crippen molar-refractivity contribution in [1.29, 1.82) is 0 Å². The molecule has 0 aliphatic carbocycles. The summed E-state index contributed by atoms with van der Waals surface area (Å²) in [6.45, 7) is 9.51. The molecule has 3 rings (SSSR count). The molecule has 0 bridgehead atoms. The molecule has 0 aliphatic rings. The van der Waals surface area contributed by atoms with E-state index >= 15 is 0 Å². The number of rotatable bonds is 6. The zero-order chi connectivity index (χ0) is 22.0. The van der Waals surface area contributed by atoms with E-state index in [0.717, 1.165) is 5.69 Å². The Balaban J connectivity index is 2.08. The Morgan fingerprint density at radius 3 is 2.40 bits per heavy atom. The number of carbonyl (C=O) groups is 2. The molecular formula is C22H27N5O3. The highest BCUT2D eigenvalue weighted by atomic mass is 16.5. The zero-order valence-corrected chi connectivity index (χ0v) is 18.1. The van der Waals surface area contributed by atoms with Crippen molar-refractivity contribution in [1.82, 2.24) is 14.8 Å². The van der Waals surface area contributed by atoms with Gasteiger partial charge in [0.1, 0.15) is 5.75 Å². The van der Waals surface area contributed by atoms with Crippen LogP contribution in [-0.4, -0.2) is 33.7 Å². The van der Waals surface area contributed by atoms with Crippen LogP contribution >= 0.6 is 0 Å². The van der Waals surface area contributed by atoms with Gasteiger partial charge in [-0.15, -0.1) is 0 Å². The first-order valence-electron chi connectivity index (χ1n) is 9.86. The summed E-state index contributed by atoms with van der Waals surface area (Å²) in [6.07, 6.45) is 1.67. The Morgan fingerprint density at radius 1 is 1.07 bits per heavy atom. The van der Waals surface area contributed by atoms with Crippen LogP contribution in [0.2, 0.25) is 0 Å². The number of fused-ring (bicyclic) bond motifs is 1. The monoisotopic (exact) mass is 409 g/mol. The Hall–Kier alpha value is -3.42. The largest absolute Gasteiger partial charge is 0.497 e. The number of amides is 2. The van der Waals surface area contributed by atoms with Crippen molar-refractivity contribution in [3.8, 4) is 5.75 Å². The molecule has 2 amide bonds. The maximum absolute atomic E-state index is 13.3. The average Bonchev–Trinajstić information content (AvgIpc) is 3.12. The number of nitrogens with one attached hydrogen (secondary N) is 2. The Labute approximate surface area is 175 Å². The maximum atomic E-state index is 13.3. The minimum atomic E-state index is -0.313. The molecule has 0 unspecified atom stereocenters. The zero-order valence-electron chi connectivity index (χ0n) is 18.1. The molecule has 8 heteroatoms. The lowest BCUT2D eigenvalue weighted by molar-refractivity contribution is -0.114. The molecule has 3 aromatic rings. The molecule has 0 radical (unpaired) electrons. The number of benzene rings is 1. The van der Waals surface area contributed by atoms with Crippen LogP contribution in [0.15, 0.2) is 30.5 Å². The number of hydrogen-bond acceptors (Lipinski definition) is 5.